The second-order valence-corrected chi connectivity index (χ2v) is 4.10. The van der Waals surface area contributed by atoms with Crippen LogP contribution >= 0.6 is 11.3 Å². The van der Waals surface area contributed by atoms with Crippen LogP contribution in [0.1, 0.15) is 4.88 Å². The minimum Gasteiger partial charge on any atom is -0.358 e. The van der Waals surface area contributed by atoms with Crippen molar-refractivity contribution in [2.75, 3.05) is 5.43 Å². The van der Waals surface area contributed by atoms with Crippen molar-refractivity contribution in [3.8, 4) is 0 Å². The first kappa shape index (κ1) is 11.3. The number of para-hydroxylation sites is 1. The number of thiophene rings is 1. The summed E-state index contributed by atoms with van der Waals surface area (Å²) in [7, 11) is 0. The third-order valence-corrected chi connectivity index (χ3v) is 2.84. The largest absolute Gasteiger partial charge is 0.405 e. The summed E-state index contributed by atoms with van der Waals surface area (Å²) in [6, 6.07) is 12.5. The molecule has 0 aliphatic rings. The third-order valence-electron chi connectivity index (χ3n) is 1.98. The first-order valence-electron chi connectivity index (χ1n) is 4.84. The zero-order chi connectivity index (χ0) is 12.1. The standard InChI is InChI=1S/C11H9N3O2S/c15-14(16)11(10-7-4-8-17-10)13-12-9-5-2-1-3-6-9/h1-8,12H/b13-11-. The second kappa shape index (κ2) is 5.22. The van der Waals surface area contributed by atoms with E-state index in [1.165, 1.54) is 11.3 Å². The van der Waals surface area contributed by atoms with Gasteiger partial charge < -0.3 is 10.1 Å². The zero-order valence-electron chi connectivity index (χ0n) is 8.74. The van der Waals surface area contributed by atoms with E-state index in [1.54, 1.807) is 29.6 Å². The Morgan fingerprint density at radius 3 is 2.59 bits per heavy atom. The molecule has 2 rings (SSSR count). The van der Waals surface area contributed by atoms with Crippen LogP contribution in [-0.4, -0.2) is 10.8 Å². The molecule has 0 atom stereocenters. The molecular weight excluding hydrogens is 238 g/mol. The van der Waals surface area contributed by atoms with E-state index < -0.39 is 4.92 Å². The zero-order valence-corrected chi connectivity index (χ0v) is 9.55. The van der Waals surface area contributed by atoms with Crippen LogP contribution in [0.3, 0.4) is 0 Å². The maximum absolute atomic E-state index is 10.9. The molecule has 0 spiro atoms. The quantitative estimate of drug-likeness (QED) is 0.392. The average molecular weight is 247 g/mol. The van der Waals surface area contributed by atoms with E-state index in [4.69, 9.17) is 0 Å². The molecule has 1 aromatic carbocycles. The van der Waals surface area contributed by atoms with Gasteiger partial charge in [0.05, 0.1) is 10.8 Å². The fourth-order valence-corrected chi connectivity index (χ4v) is 1.91. The molecule has 0 radical (unpaired) electrons. The molecular formula is C11H9N3O2S. The van der Waals surface area contributed by atoms with Gasteiger partial charge >= 0.3 is 5.84 Å². The summed E-state index contributed by atoms with van der Waals surface area (Å²) in [6.07, 6.45) is 0. The summed E-state index contributed by atoms with van der Waals surface area (Å²) < 4.78 is 0. The molecule has 1 heterocycles. The van der Waals surface area contributed by atoms with Crippen LogP contribution in [0.4, 0.5) is 5.69 Å². The van der Waals surface area contributed by atoms with Gasteiger partial charge in [-0.25, -0.2) is 0 Å². The van der Waals surface area contributed by atoms with Gasteiger partial charge in [0.2, 0.25) is 0 Å². The van der Waals surface area contributed by atoms with Gasteiger partial charge in [0.15, 0.2) is 0 Å². The number of amidine groups is 1. The fourth-order valence-electron chi connectivity index (χ4n) is 1.22. The van der Waals surface area contributed by atoms with Crippen molar-refractivity contribution in [3.05, 3.63) is 62.8 Å². The van der Waals surface area contributed by atoms with Crippen molar-refractivity contribution >= 4 is 22.9 Å². The molecule has 0 aliphatic heterocycles. The number of anilines is 1. The number of hydrogen-bond acceptors (Lipinski definition) is 5. The van der Waals surface area contributed by atoms with Gasteiger partial charge in [0.1, 0.15) is 4.88 Å². The van der Waals surface area contributed by atoms with Crippen LogP contribution in [0.5, 0.6) is 0 Å². The molecule has 0 saturated carbocycles. The van der Waals surface area contributed by atoms with Crippen LogP contribution in [0.2, 0.25) is 0 Å². The highest BCUT2D eigenvalue weighted by Gasteiger charge is 2.17. The number of hydrogen-bond donors (Lipinski definition) is 1. The highest BCUT2D eigenvalue weighted by atomic mass is 32.1. The van der Waals surface area contributed by atoms with Crippen molar-refractivity contribution in [3.63, 3.8) is 0 Å². The summed E-state index contributed by atoms with van der Waals surface area (Å²) in [4.78, 5) is 10.9. The average Bonchev–Trinajstić information content (AvgIpc) is 2.84. The molecule has 86 valence electrons. The maximum atomic E-state index is 10.9. The van der Waals surface area contributed by atoms with Gasteiger partial charge in [-0.1, -0.05) is 24.3 Å². The summed E-state index contributed by atoms with van der Waals surface area (Å²) in [5, 5.41) is 16.4. The predicted octanol–water partition coefficient (Wildman–Crippen LogP) is 2.80. The number of hydrazone groups is 1. The van der Waals surface area contributed by atoms with E-state index in [9.17, 15) is 10.1 Å². The summed E-state index contributed by atoms with van der Waals surface area (Å²) in [5.41, 5.74) is 3.38. The Hall–Kier alpha value is -2.21. The fraction of sp³-hybridized carbons (Fsp3) is 0. The summed E-state index contributed by atoms with van der Waals surface area (Å²) in [5.74, 6) is -0.177. The molecule has 1 aromatic heterocycles. The van der Waals surface area contributed by atoms with Crippen molar-refractivity contribution in [1.82, 2.24) is 0 Å². The lowest BCUT2D eigenvalue weighted by molar-refractivity contribution is -0.348. The van der Waals surface area contributed by atoms with Gasteiger partial charge in [-0.05, 0) is 28.5 Å². The smallest absolute Gasteiger partial charge is 0.358 e. The SMILES string of the molecule is O=[N+]([O-])/C(=N\Nc1ccccc1)c1cccs1. The molecule has 5 nitrogen and oxygen atoms in total. The van der Waals surface area contributed by atoms with E-state index >= 15 is 0 Å². The number of nitrogens with zero attached hydrogens (tertiary/aromatic N) is 2. The number of nitrogens with one attached hydrogen (secondary N) is 1. The van der Waals surface area contributed by atoms with Crippen molar-refractivity contribution in [2.45, 2.75) is 0 Å². The van der Waals surface area contributed by atoms with Crippen LogP contribution < -0.4 is 5.43 Å². The van der Waals surface area contributed by atoms with Crippen molar-refractivity contribution < 1.29 is 4.92 Å². The topological polar surface area (TPSA) is 67.5 Å². The number of benzene rings is 1. The normalized spacial score (nSPS) is 11.2. The lowest BCUT2D eigenvalue weighted by atomic mass is 10.3. The van der Waals surface area contributed by atoms with Crippen LogP contribution in [0, 0.1) is 10.1 Å². The first-order valence-corrected chi connectivity index (χ1v) is 5.72. The third kappa shape index (κ3) is 2.88. The van der Waals surface area contributed by atoms with E-state index in [1.807, 2.05) is 18.2 Å². The second-order valence-electron chi connectivity index (χ2n) is 3.15. The maximum Gasteiger partial charge on any atom is 0.405 e. The van der Waals surface area contributed by atoms with Crippen molar-refractivity contribution in [1.29, 1.82) is 0 Å². The van der Waals surface area contributed by atoms with E-state index in [0.29, 0.717) is 10.6 Å². The molecule has 0 unspecified atom stereocenters. The Labute approximate surface area is 102 Å². The number of rotatable bonds is 3. The molecule has 1 N–H and O–H groups in total. The van der Waals surface area contributed by atoms with Gasteiger partial charge in [-0.2, -0.15) is 5.43 Å². The van der Waals surface area contributed by atoms with Crippen LogP contribution in [0.15, 0.2) is 52.9 Å². The molecule has 6 heteroatoms. The molecule has 0 fully saturated rings. The molecule has 2 aromatic rings. The monoisotopic (exact) mass is 247 g/mol. The van der Waals surface area contributed by atoms with Gasteiger partial charge in [-0.15, -0.1) is 11.3 Å². The molecule has 0 saturated heterocycles. The van der Waals surface area contributed by atoms with Crippen LogP contribution in [-0.2, 0) is 0 Å². The Kier molecular flexibility index (Phi) is 3.46. The van der Waals surface area contributed by atoms with E-state index in [2.05, 4.69) is 10.5 Å². The Balaban J connectivity index is 2.21. The minimum absolute atomic E-state index is 0.177. The lowest BCUT2D eigenvalue weighted by Crippen LogP contribution is -2.13. The summed E-state index contributed by atoms with van der Waals surface area (Å²) in [6.45, 7) is 0. The summed E-state index contributed by atoms with van der Waals surface area (Å²) >= 11 is 1.28. The first-order chi connectivity index (χ1) is 8.27. The van der Waals surface area contributed by atoms with Gasteiger partial charge in [-0.3, -0.25) is 0 Å². The Morgan fingerprint density at radius 2 is 2.00 bits per heavy atom. The molecule has 17 heavy (non-hydrogen) atoms. The van der Waals surface area contributed by atoms with E-state index in [0.717, 1.165) is 0 Å². The van der Waals surface area contributed by atoms with Crippen LogP contribution in [0.25, 0.3) is 0 Å². The highest BCUT2D eigenvalue weighted by Crippen LogP contribution is 2.12. The van der Waals surface area contributed by atoms with Gasteiger partial charge in [0, 0.05) is 0 Å². The Morgan fingerprint density at radius 1 is 1.24 bits per heavy atom. The number of nitro groups is 1. The van der Waals surface area contributed by atoms with Crippen molar-refractivity contribution in [2.24, 2.45) is 5.10 Å². The Bertz CT molecular complexity index is 523. The lowest BCUT2D eigenvalue weighted by Gasteiger charge is -1.96. The highest BCUT2D eigenvalue weighted by molar-refractivity contribution is 7.12. The van der Waals surface area contributed by atoms with Gasteiger partial charge in [0.25, 0.3) is 0 Å². The predicted molar refractivity (Wildman–Crippen MR) is 67.9 cm³/mol. The molecule has 0 bridgehead atoms. The molecule has 0 amide bonds. The molecule has 0 aliphatic carbocycles. The van der Waals surface area contributed by atoms with E-state index in [-0.39, 0.29) is 5.84 Å². The minimum atomic E-state index is -0.498.